The first-order chi connectivity index (χ1) is 11.1. The van der Waals surface area contributed by atoms with Crippen LogP contribution < -0.4 is 11.1 Å². The zero-order valence-corrected chi connectivity index (χ0v) is 15.8. The molecule has 0 spiro atoms. The van der Waals surface area contributed by atoms with Crippen LogP contribution in [0.2, 0.25) is 0 Å². The third kappa shape index (κ3) is 4.15. The molecule has 24 heavy (non-hydrogen) atoms. The third-order valence-corrected chi connectivity index (χ3v) is 4.50. The van der Waals surface area contributed by atoms with Gasteiger partial charge in [0.25, 0.3) is 5.91 Å². The molecular formula is C16H21BrClN5O. The number of halogens is 2. The van der Waals surface area contributed by atoms with E-state index in [1.807, 2.05) is 31.2 Å². The minimum absolute atomic E-state index is 0. The molecule has 6 nitrogen and oxygen atoms in total. The highest BCUT2D eigenvalue weighted by molar-refractivity contribution is 9.10. The second kappa shape index (κ2) is 8.09. The zero-order chi connectivity index (χ0) is 16.4. The molecule has 1 aromatic heterocycles. The van der Waals surface area contributed by atoms with Crippen molar-refractivity contribution in [3.05, 3.63) is 40.1 Å². The first-order valence-corrected chi connectivity index (χ1v) is 8.59. The normalized spacial score (nSPS) is 14.8. The molecule has 0 bridgehead atoms. The van der Waals surface area contributed by atoms with Gasteiger partial charge in [-0.05, 0) is 49.6 Å². The quantitative estimate of drug-likeness (QED) is 0.761. The van der Waals surface area contributed by atoms with E-state index in [1.54, 1.807) is 4.68 Å². The van der Waals surface area contributed by atoms with Crippen molar-refractivity contribution in [3.8, 4) is 5.69 Å². The number of amides is 1. The Morgan fingerprint density at radius 3 is 2.67 bits per heavy atom. The number of nitrogens with one attached hydrogen (secondary N) is 1. The van der Waals surface area contributed by atoms with Crippen molar-refractivity contribution < 1.29 is 4.79 Å². The van der Waals surface area contributed by atoms with Crippen LogP contribution in [0.25, 0.3) is 5.69 Å². The molecule has 1 aromatic carbocycles. The lowest BCUT2D eigenvalue weighted by molar-refractivity contribution is 0.0942. The molecule has 1 aliphatic rings. The topological polar surface area (TPSA) is 85.8 Å². The molecular weight excluding hydrogens is 394 g/mol. The minimum atomic E-state index is -0.171. The largest absolute Gasteiger partial charge is 0.350 e. The van der Waals surface area contributed by atoms with E-state index in [0.717, 1.165) is 28.7 Å². The molecule has 130 valence electrons. The lowest BCUT2D eigenvalue weighted by atomic mass is 10.1. The zero-order valence-electron chi connectivity index (χ0n) is 13.4. The fourth-order valence-electron chi connectivity index (χ4n) is 2.38. The number of benzene rings is 1. The number of hydrogen-bond acceptors (Lipinski definition) is 4. The van der Waals surface area contributed by atoms with Gasteiger partial charge in [0, 0.05) is 16.9 Å². The van der Waals surface area contributed by atoms with Crippen molar-refractivity contribution in [1.82, 2.24) is 20.3 Å². The molecule has 0 saturated heterocycles. The Kier molecular flexibility index (Phi) is 6.37. The van der Waals surface area contributed by atoms with E-state index in [1.165, 1.54) is 0 Å². The van der Waals surface area contributed by atoms with Crippen LogP contribution in [-0.4, -0.2) is 34.0 Å². The van der Waals surface area contributed by atoms with Gasteiger partial charge in [-0.1, -0.05) is 28.1 Å². The van der Waals surface area contributed by atoms with Crippen molar-refractivity contribution in [1.29, 1.82) is 0 Å². The average Bonchev–Trinajstić information content (AvgIpc) is 3.31. The highest BCUT2D eigenvalue weighted by Crippen LogP contribution is 2.42. The van der Waals surface area contributed by atoms with Crippen LogP contribution in [0.3, 0.4) is 0 Å². The maximum absolute atomic E-state index is 12.4. The molecule has 1 unspecified atom stereocenters. The summed E-state index contributed by atoms with van der Waals surface area (Å²) in [5.41, 5.74) is 7.84. The van der Waals surface area contributed by atoms with E-state index in [4.69, 9.17) is 5.73 Å². The maximum atomic E-state index is 12.4. The van der Waals surface area contributed by atoms with Crippen LogP contribution in [0.5, 0.6) is 0 Å². The predicted molar refractivity (Wildman–Crippen MR) is 98.8 cm³/mol. The van der Waals surface area contributed by atoms with Crippen LogP contribution in [0.1, 0.15) is 41.9 Å². The molecule has 3 N–H and O–H groups in total. The summed E-state index contributed by atoms with van der Waals surface area (Å²) < 4.78 is 2.79. The highest BCUT2D eigenvalue weighted by atomic mass is 79.9. The maximum Gasteiger partial charge on any atom is 0.273 e. The molecule has 0 aliphatic heterocycles. The first kappa shape index (κ1) is 18.9. The van der Waals surface area contributed by atoms with E-state index < -0.39 is 0 Å². The third-order valence-electron chi connectivity index (χ3n) is 3.97. The number of hydrogen-bond donors (Lipinski definition) is 2. The Morgan fingerprint density at radius 2 is 2.08 bits per heavy atom. The summed E-state index contributed by atoms with van der Waals surface area (Å²) in [4.78, 5) is 12.4. The summed E-state index contributed by atoms with van der Waals surface area (Å²) in [7, 11) is 0. The highest BCUT2D eigenvalue weighted by Gasteiger charge is 2.34. The fraction of sp³-hybridized carbons (Fsp3) is 0.438. The Labute approximate surface area is 155 Å². The Morgan fingerprint density at radius 1 is 1.42 bits per heavy atom. The van der Waals surface area contributed by atoms with Crippen LogP contribution in [-0.2, 0) is 0 Å². The van der Waals surface area contributed by atoms with E-state index in [9.17, 15) is 4.79 Å². The van der Waals surface area contributed by atoms with Gasteiger partial charge in [0.05, 0.1) is 11.4 Å². The smallest absolute Gasteiger partial charge is 0.273 e. The summed E-state index contributed by atoms with van der Waals surface area (Å²) in [6, 6.07) is 7.83. The molecule has 1 heterocycles. The van der Waals surface area contributed by atoms with Crippen LogP contribution in [0.15, 0.2) is 28.7 Å². The van der Waals surface area contributed by atoms with Gasteiger partial charge in [-0.15, -0.1) is 17.5 Å². The lowest BCUT2D eigenvalue weighted by Crippen LogP contribution is -2.32. The molecule has 1 aliphatic carbocycles. The van der Waals surface area contributed by atoms with Gasteiger partial charge in [-0.2, -0.15) is 0 Å². The molecule has 1 fully saturated rings. The Bertz CT molecular complexity index is 699. The summed E-state index contributed by atoms with van der Waals surface area (Å²) in [6.45, 7) is 3.09. The predicted octanol–water partition coefficient (Wildman–Crippen LogP) is 2.65. The van der Waals surface area contributed by atoms with E-state index >= 15 is 0 Å². The number of carbonyl (C=O) groups excluding carboxylic acids is 1. The van der Waals surface area contributed by atoms with Crippen molar-refractivity contribution in [3.63, 3.8) is 0 Å². The van der Waals surface area contributed by atoms with Gasteiger partial charge >= 0.3 is 0 Å². The van der Waals surface area contributed by atoms with Crippen molar-refractivity contribution in [2.75, 3.05) is 13.1 Å². The SMILES string of the molecule is CC(CN)CNC(=O)c1nnn(-c2ccc(Br)cc2)c1C1CC1.Cl. The summed E-state index contributed by atoms with van der Waals surface area (Å²) in [5.74, 6) is 0.432. The van der Waals surface area contributed by atoms with E-state index in [2.05, 4.69) is 31.6 Å². The molecule has 3 rings (SSSR count). The monoisotopic (exact) mass is 413 g/mol. The van der Waals surface area contributed by atoms with Crippen molar-refractivity contribution in [2.45, 2.75) is 25.7 Å². The Hall–Kier alpha value is -1.44. The molecule has 8 heteroatoms. The molecule has 0 radical (unpaired) electrons. The summed E-state index contributed by atoms with van der Waals surface area (Å²) in [6.07, 6.45) is 2.15. The molecule has 1 amide bonds. The number of nitrogens with two attached hydrogens (primary N) is 1. The van der Waals surface area contributed by atoms with Gasteiger partial charge in [0.1, 0.15) is 0 Å². The van der Waals surface area contributed by atoms with E-state index in [-0.39, 0.29) is 24.2 Å². The minimum Gasteiger partial charge on any atom is -0.350 e. The number of rotatable bonds is 6. The standard InChI is InChI=1S/C16H20BrN5O.ClH/c1-10(8-18)9-19-16(23)14-15(11-2-3-11)22(21-20-14)13-6-4-12(17)5-7-13;/h4-7,10-11H,2-3,8-9,18H2,1H3,(H,19,23);1H. The number of nitrogens with zero attached hydrogens (tertiary/aromatic N) is 3. The van der Waals surface area contributed by atoms with Gasteiger partial charge in [-0.25, -0.2) is 4.68 Å². The van der Waals surface area contributed by atoms with Crippen LogP contribution in [0.4, 0.5) is 0 Å². The van der Waals surface area contributed by atoms with Gasteiger partial charge < -0.3 is 11.1 Å². The van der Waals surface area contributed by atoms with Crippen LogP contribution >= 0.6 is 28.3 Å². The Balaban J connectivity index is 0.00000208. The fourth-order valence-corrected chi connectivity index (χ4v) is 2.65. The second-order valence-corrected chi connectivity index (χ2v) is 6.95. The van der Waals surface area contributed by atoms with Crippen molar-refractivity contribution in [2.24, 2.45) is 11.7 Å². The average molecular weight is 415 g/mol. The van der Waals surface area contributed by atoms with Gasteiger partial charge in [0.2, 0.25) is 0 Å². The van der Waals surface area contributed by atoms with Gasteiger partial charge in [0.15, 0.2) is 5.69 Å². The lowest BCUT2D eigenvalue weighted by Gasteiger charge is -2.10. The van der Waals surface area contributed by atoms with Crippen molar-refractivity contribution >= 4 is 34.2 Å². The second-order valence-electron chi connectivity index (χ2n) is 6.04. The first-order valence-electron chi connectivity index (χ1n) is 7.80. The summed E-state index contributed by atoms with van der Waals surface area (Å²) in [5, 5.41) is 11.3. The summed E-state index contributed by atoms with van der Waals surface area (Å²) >= 11 is 3.43. The van der Waals surface area contributed by atoms with Gasteiger partial charge in [-0.3, -0.25) is 4.79 Å². The number of aromatic nitrogens is 3. The molecule has 1 saturated carbocycles. The molecule has 2 aromatic rings. The van der Waals surface area contributed by atoms with Crippen LogP contribution in [0, 0.1) is 5.92 Å². The number of carbonyl (C=O) groups is 1. The molecule has 1 atom stereocenters. The van der Waals surface area contributed by atoms with E-state index in [0.29, 0.717) is 24.7 Å².